The van der Waals surface area contributed by atoms with Gasteiger partial charge in [0.2, 0.25) is 10.0 Å². The van der Waals surface area contributed by atoms with Gasteiger partial charge in [0.15, 0.2) is 0 Å². The van der Waals surface area contributed by atoms with E-state index >= 15 is 0 Å². The summed E-state index contributed by atoms with van der Waals surface area (Å²) in [5.74, 6) is 0.178. The van der Waals surface area contributed by atoms with Gasteiger partial charge in [-0.2, -0.15) is 0 Å². The minimum Gasteiger partial charge on any atom is -0.215 e. The molecule has 0 heterocycles. The Balaban J connectivity index is 3.93. The van der Waals surface area contributed by atoms with Crippen molar-refractivity contribution in [1.82, 2.24) is 4.72 Å². The van der Waals surface area contributed by atoms with Crippen molar-refractivity contribution in [2.24, 2.45) is 5.92 Å². The Hall–Kier alpha value is -0.0900. The Bertz CT molecular complexity index is 273. The summed E-state index contributed by atoms with van der Waals surface area (Å²) in [5.41, 5.74) is 0. The van der Waals surface area contributed by atoms with Crippen molar-refractivity contribution in [3.8, 4) is 0 Å². The minimum atomic E-state index is -3.11. The quantitative estimate of drug-likeness (QED) is 0.615. The molecule has 0 spiro atoms. The topological polar surface area (TPSA) is 46.2 Å². The Morgan fingerprint density at radius 2 is 1.59 bits per heavy atom. The molecule has 0 aliphatic rings. The lowest BCUT2D eigenvalue weighted by Crippen LogP contribution is -2.37. The Morgan fingerprint density at radius 1 is 1.00 bits per heavy atom. The third-order valence-corrected chi connectivity index (χ3v) is 5.41. The molecule has 0 aliphatic heterocycles. The number of hydrogen-bond donors (Lipinski definition) is 1. The van der Waals surface area contributed by atoms with E-state index in [-0.39, 0.29) is 11.2 Å². The van der Waals surface area contributed by atoms with Crippen LogP contribution in [0.2, 0.25) is 0 Å². The summed E-state index contributed by atoms with van der Waals surface area (Å²) in [6.07, 6.45) is 6.43. The van der Waals surface area contributed by atoms with Crippen LogP contribution in [0.5, 0.6) is 0 Å². The molecule has 0 aromatic rings. The highest BCUT2D eigenvalue weighted by atomic mass is 32.2. The molecule has 3 nitrogen and oxygen atoms in total. The molecule has 1 unspecified atom stereocenters. The van der Waals surface area contributed by atoms with Gasteiger partial charge in [0, 0.05) is 6.54 Å². The normalized spacial score (nSPS) is 14.2. The van der Waals surface area contributed by atoms with Crippen LogP contribution in [0, 0.1) is 5.92 Å². The van der Waals surface area contributed by atoms with Gasteiger partial charge in [0.25, 0.3) is 0 Å². The molecule has 0 aliphatic carbocycles. The number of nitrogens with one attached hydrogen (secondary N) is 1. The molecular formula is C13H29NO2S. The molecule has 0 fully saturated rings. The van der Waals surface area contributed by atoms with Crippen molar-refractivity contribution in [2.75, 3.05) is 6.54 Å². The molecule has 4 heteroatoms. The maximum absolute atomic E-state index is 12.0. The maximum Gasteiger partial charge on any atom is 0.214 e. The molecular weight excluding hydrogens is 234 g/mol. The second-order valence-electron chi connectivity index (χ2n) is 5.04. The third kappa shape index (κ3) is 7.04. The van der Waals surface area contributed by atoms with Crippen molar-refractivity contribution >= 4 is 10.0 Å². The SMILES string of the molecule is CCCCCCCNS(=O)(=O)C(CC)C(C)C. The first-order valence-corrected chi connectivity index (χ1v) is 8.48. The molecule has 0 saturated carbocycles. The van der Waals surface area contributed by atoms with Gasteiger partial charge in [0.1, 0.15) is 0 Å². The van der Waals surface area contributed by atoms with Gasteiger partial charge in [0.05, 0.1) is 5.25 Å². The highest BCUT2D eigenvalue weighted by Crippen LogP contribution is 2.14. The highest BCUT2D eigenvalue weighted by molar-refractivity contribution is 7.90. The predicted molar refractivity (Wildman–Crippen MR) is 74.6 cm³/mol. The Labute approximate surface area is 107 Å². The first kappa shape index (κ1) is 16.9. The number of sulfonamides is 1. The largest absolute Gasteiger partial charge is 0.215 e. The van der Waals surface area contributed by atoms with Crippen molar-refractivity contribution in [3.63, 3.8) is 0 Å². The van der Waals surface area contributed by atoms with Crippen molar-refractivity contribution in [2.45, 2.75) is 71.5 Å². The molecule has 17 heavy (non-hydrogen) atoms. The predicted octanol–water partition coefficient (Wildman–Crippen LogP) is 3.31. The van der Waals surface area contributed by atoms with Crippen LogP contribution in [0.4, 0.5) is 0 Å². The van der Waals surface area contributed by atoms with Crippen molar-refractivity contribution in [3.05, 3.63) is 0 Å². The first-order valence-electron chi connectivity index (χ1n) is 6.94. The van der Waals surface area contributed by atoms with Crippen molar-refractivity contribution < 1.29 is 8.42 Å². The maximum atomic E-state index is 12.0. The number of hydrogen-bond acceptors (Lipinski definition) is 2. The number of unbranched alkanes of at least 4 members (excludes halogenated alkanes) is 4. The third-order valence-electron chi connectivity index (χ3n) is 3.13. The molecule has 0 rings (SSSR count). The molecule has 1 atom stereocenters. The summed E-state index contributed by atoms with van der Waals surface area (Å²) >= 11 is 0. The summed E-state index contributed by atoms with van der Waals surface area (Å²) in [6.45, 7) is 8.64. The van der Waals surface area contributed by atoms with Gasteiger partial charge < -0.3 is 0 Å². The van der Waals surface area contributed by atoms with Gasteiger partial charge >= 0.3 is 0 Å². The molecule has 0 aromatic heterocycles. The van der Waals surface area contributed by atoms with E-state index in [0.29, 0.717) is 13.0 Å². The Morgan fingerprint density at radius 3 is 2.06 bits per heavy atom. The van der Waals surface area contributed by atoms with Crippen LogP contribution in [0.25, 0.3) is 0 Å². The summed E-state index contributed by atoms with van der Waals surface area (Å²) in [5, 5.41) is -0.252. The van der Waals surface area contributed by atoms with E-state index in [0.717, 1.165) is 12.8 Å². The standard InChI is InChI=1S/C13H29NO2S/c1-5-7-8-9-10-11-14-17(15,16)13(6-2)12(3)4/h12-14H,5-11H2,1-4H3. The molecule has 0 aromatic carbocycles. The van der Waals surface area contributed by atoms with E-state index in [9.17, 15) is 8.42 Å². The molecule has 104 valence electrons. The number of rotatable bonds is 10. The van der Waals surface area contributed by atoms with Gasteiger partial charge in [-0.3, -0.25) is 0 Å². The van der Waals surface area contributed by atoms with E-state index < -0.39 is 10.0 Å². The Kier molecular flexibility index (Phi) is 8.88. The van der Waals surface area contributed by atoms with Gasteiger partial charge in [-0.05, 0) is 18.8 Å². The van der Waals surface area contributed by atoms with E-state index in [4.69, 9.17) is 0 Å². The zero-order valence-electron chi connectivity index (χ0n) is 11.8. The zero-order chi connectivity index (χ0) is 13.3. The second kappa shape index (κ2) is 8.92. The molecule has 0 amide bonds. The van der Waals surface area contributed by atoms with Gasteiger partial charge in [-0.15, -0.1) is 0 Å². The van der Waals surface area contributed by atoms with Crippen LogP contribution in [-0.4, -0.2) is 20.2 Å². The fourth-order valence-electron chi connectivity index (χ4n) is 2.10. The average molecular weight is 263 g/mol. The molecule has 0 bridgehead atoms. The minimum absolute atomic E-state index is 0.178. The summed E-state index contributed by atoms with van der Waals surface area (Å²) in [6, 6.07) is 0. The average Bonchev–Trinajstić information content (AvgIpc) is 2.23. The van der Waals surface area contributed by atoms with E-state index in [1.807, 2.05) is 20.8 Å². The van der Waals surface area contributed by atoms with Crippen LogP contribution in [0.15, 0.2) is 0 Å². The summed E-state index contributed by atoms with van der Waals surface area (Å²) in [4.78, 5) is 0. The molecule has 0 saturated heterocycles. The van der Waals surface area contributed by atoms with E-state index in [2.05, 4.69) is 11.6 Å². The van der Waals surface area contributed by atoms with Crippen LogP contribution in [0.1, 0.15) is 66.2 Å². The monoisotopic (exact) mass is 263 g/mol. The highest BCUT2D eigenvalue weighted by Gasteiger charge is 2.25. The second-order valence-corrected chi connectivity index (χ2v) is 7.03. The lowest BCUT2D eigenvalue weighted by molar-refractivity contribution is 0.508. The van der Waals surface area contributed by atoms with Crippen LogP contribution < -0.4 is 4.72 Å². The van der Waals surface area contributed by atoms with E-state index in [1.165, 1.54) is 19.3 Å². The van der Waals surface area contributed by atoms with Crippen molar-refractivity contribution in [1.29, 1.82) is 0 Å². The lowest BCUT2D eigenvalue weighted by atomic mass is 10.1. The fraction of sp³-hybridized carbons (Fsp3) is 1.00. The van der Waals surface area contributed by atoms with Crippen LogP contribution in [0.3, 0.4) is 0 Å². The lowest BCUT2D eigenvalue weighted by Gasteiger charge is -2.19. The van der Waals surface area contributed by atoms with Gasteiger partial charge in [-0.25, -0.2) is 13.1 Å². The van der Waals surface area contributed by atoms with E-state index in [1.54, 1.807) is 0 Å². The summed E-state index contributed by atoms with van der Waals surface area (Å²) < 4.78 is 26.7. The smallest absolute Gasteiger partial charge is 0.214 e. The van der Waals surface area contributed by atoms with Crippen LogP contribution in [-0.2, 0) is 10.0 Å². The molecule has 0 radical (unpaired) electrons. The summed E-state index contributed by atoms with van der Waals surface area (Å²) in [7, 11) is -3.11. The fourth-order valence-corrected chi connectivity index (χ4v) is 3.90. The first-order chi connectivity index (χ1) is 7.95. The van der Waals surface area contributed by atoms with Gasteiger partial charge in [-0.1, -0.05) is 53.4 Å². The molecule has 1 N–H and O–H groups in total. The zero-order valence-corrected chi connectivity index (χ0v) is 12.6. The van der Waals surface area contributed by atoms with Crippen LogP contribution >= 0.6 is 0 Å².